The minimum absolute atomic E-state index is 1.04. The predicted octanol–water partition coefficient (Wildman–Crippen LogP) is 4.34. The smallest absolute Gasteiger partial charge is 0.0166 e. The predicted molar refractivity (Wildman–Crippen MR) is 64.2 cm³/mol. The minimum atomic E-state index is 1.04. The molecule has 1 aliphatic rings. The van der Waals surface area contributed by atoms with E-state index in [4.69, 9.17) is 0 Å². The van der Waals surface area contributed by atoms with Crippen LogP contribution in [0.15, 0.2) is 60.8 Å². The average Bonchev–Trinajstić information content (AvgIpc) is 2.22. The molecule has 0 N–H and O–H groups in total. The van der Waals surface area contributed by atoms with Crippen molar-refractivity contribution in [3.05, 3.63) is 60.8 Å². The van der Waals surface area contributed by atoms with Crippen molar-refractivity contribution in [1.29, 1.82) is 0 Å². The van der Waals surface area contributed by atoms with Gasteiger partial charge in [-0.1, -0.05) is 60.8 Å². The molecule has 0 amide bonds. The lowest BCUT2D eigenvalue weighted by molar-refractivity contribution is 1.26. The van der Waals surface area contributed by atoms with Gasteiger partial charge in [0, 0.05) is 0 Å². The highest BCUT2D eigenvalue weighted by Gasteiger charge is 1.75. The van der Waals surface area contributed by atoms with Gasteiger partial charge in [-0.25, -0.2) is 0 Å². The maximum Gasteiger partial charge on any atom is -0.0166 e. The highest BCUT2D eigenvalue weighted by atomic mass is 13.8. The second kappa shape index (κ2) is 8.31. The van der Waals surface area contributed by atoms with Crippen molar-refractivity contribution >= 4 is 0 Å². The molecule has 0 atom stereocenters. The Labute approximate surface area is 87.0 Å². The van der Waals surface area contributed by atoms with Crippen LogP contribution >= 0.6 is 0 Å². The molecule has 0 bridgehead atoms. The summed E-state index contributed by atoms with van der Waals surface area (Å²) in [5.41, 5.74) is 0. The topological polar surface area (TPSA) is 0 Å². The maximum absolute atomic E-state index is 2.21. The third kappa shape index (κ3) is 6.24. The molecule has 0 radical (unpaired) electrons. The highest BCUT2D eigenvalue weighted by Crippen LogP contribution is 1.96. The van der Waals surface area contributed by atoms with Gasteiger partial charge in [-0.3, -0.25) is 0 Å². The Hall–Kier alpha value is -1.30. The zero-order valence-corrected chi connectivity index (χ0v) is 8.60. The molecular formula is C14H18. The van der Waals surface area contributed by atoms with Gasteiger partial charge in [0.25, 0.3) is 0 Å². The van der Waals surface area contributed by atoms with Gasteiger partial charge in [-0.15, -0.1) is 0 Å². The summed E-state index contributed by atoms with van der Waals surface area (Å²) in [7, 11) is 0. The Morgan fingerprint density at radius 1 is 0.357 bits per heavy atom. The quantitative estimate of drug-likeness (QED) is 0.494. The van der Waals surface area contributed by atoms with E-state index in [1.54, 1.807) is 0 Å². The van der Waals surface area contributed by atoms with Crippen LogP contribution in [0.3, 0.4) is 0 Å². The van der Waals surface area contributed by atoms with Gasteiger partial charge in [0.15, 0.2) is 0 Å². The van der Waals surface area contributed by atoms with Crippen molar-refractivity contribution in [2.24, 2.45) is 0 Å². The number of hydrogen-bond donors (Lipinski definition) is 0. The average molecular weight is 186 g/mol. The van der Waals surface area contributed by atoms with Gasteiger partial charge < -0.3 is 0 Å². The molecule has 1 aliphatic carbocycles. The second-order valence-corrected chi connectivity index (χ2v) is 3.21. The van der Waals surface area contributed by atoms with Crippen LogP contribution in [0, 0.1) is 0 Å². The highest BCUT2D eigenvalue weighted by molar-refractivity contribution is 5.08. The van der Waals surface area contributed by atoms with Crippen LogP contribution in [-0.2, 0) is 0 Å². The summed E-state index contributed by atoms with van der Waals surface area (Å²) >= 11 is 0. The summed E-state index contributed by atoms with van der Waals surface area (Å²) in [6.07, 6.45) is 26.0. The summed E-state index contributed by atoms with van der Waals surface area (Å²) in [5, 5.41) is 0. The molecule has 0 spiro atoms. The van der Waals surface area contributed by atoms with Crippen molar-refractivity contribution in [3.8, 4) is 0 Å². The summed E-state index contributed by atoms with van der Waals surface area (Å²) in [6.45, 7) is 0. The van der Waals surface area contributed by atoms with Crippen LogP contribution in [0.2, 0.25) is 0 Å². The summed E-state index contributed by atoms with van der Waals surface area (Å²) in [4.78, 5) is 0. The Kier molecular flexibility index (Phi) is 6.39. The number of hydrogen-bond acceptors (Lipinski definition) is 0. The Morgan fingerprint density at radius 2 is 0.643 bits per heavy atom. The van der Waals surface area contributed by atoms with Crippen LogP contribution in [0.1, 0.15) is 25.7 Å². The molecule has 0 heterocycles. The van der Waals surface area contributed by atoms with E-state index in [2.05, 4.69) is 60.8 Å². The molecule has 14 heavy (non-hydrogen) atoms. The van der Waals surface area contributed by atoms with E-state index in [1.165, 1.54) is 0 Å². The van der Waals surface area contributed by atoms with Crippen molar-refractivity contribution in [1.82, 2.24) is 0 Å². The zero-order valence-electron chi connectivity index (χ0n) is 8.60. The molecule has 0 saturated heterocycles. The van der Waals surface area contributed by atoms with Gasteiger partial charge >= 0.3 is 0 Å². The van der Waals surface area contributed by atoms with E-state index in [1.807, 2.05) is 0 Å². The number of allylic oxidation sites excluding steroid dienone is 10. The third-order valence-electron chi connectivity index (χ3n) is 1.97. The first-order chi connectivity index (χ1) is 7.00. The molecule has 0 aromatic carbocycles. The summed E-state index contributed by atoms with van der Waals surface area (Å²) < 4.78 is 0. The third-order valence-corrected chi connectivity index (χ3v) is 1.97. The fourth-order valence-corrected chi connectivity index (χ4v) is 1.21. The molecule has 74 valence electrons. The fourth-order valence-electron chi connectivity index (χ4n) is 1.21. The molecule has 0 aromatic rings. The summed E-state index contributed by atoms with van der Waals surface area (Å²) in [6, 6.07) is 0. The van der Waals surface area contributed by atoms with Crippen molar-refractivity contribution < 1.29 is 0 Å². The first kappa shape index (κ1) is 10.8. The van der Waals surface area contributed by atoms with Gasteiger partial charge in [-0.05, 0) is 25.7 Å². The molecule has 1 rings (SSSR count). The van der Waals surface area contributed by atoms with Gasteiger partial charge in [0.2, 0.25) is 0 Å². The largest absolute Gasteiger partial charge is 0.0844 e. The lowest BCUT2D eigenvalue weighted by Gasteiger charge is -1.86. The second-order valence-electron chi connectivity index (χ2n) is 3.21. The molecule has 0 heteroatoms. The van der Waals surface area contributed by atoms with Gasteiger partial charge in [0.05, 0.1) is 0 Å². The van der Waals surface area contributed by atoms with E-state index in [0.717, 1.165) is 25.7 Å². The van der Waals surface area contributed by atoms with Crippen molar-refractivity contribution in [3.63, 3.8) is 0 Å². The molecule has 0 nitrogen and oxygen atoms in total. The number of rotatable bonds is 0. The molecule has 0 saturated carbocycles. The van der Waals surface area contributed by atoms with E-state index in [-0.39, 0.29) is 0 Å². The van der Waals surface area contributed by atoms with Crippen LogP contribution in [0.4, 0.5) is 0 Å². The lowest BCUT2D eigenvalue weighted by Crippen LogP contribution is -1.65. The van der Waals surface area contributed by atoms with Gasteiger partial charge in [0.1, 0.15) is 0 Å². The lowest BCUT2D eigenvalue weighted by atomic mass is 10.2. The van der Waals surface area contributed by atoms with E-state index in [9.17, 15) is 0 Å². The van der Waals surface area contributed by atoms with Crippen LogP contribution in [0.25, 0.3) is 0 Å². The van der Waals surface area contributed by atoms with Crippen LogP contribution in [0.5, 0.6) is 0 Å². The molecular weight excluding hydrogens is 168 g/mol. The molecule has 0 unspecified atom stereocenters. The Balaban J connectivity index is 2.45. The summed E-state index contributed by atoms with van der Waals surface area (Å²) in [5.74, 6) is 0. The van der Waals surface area contributed by atoms with Gasteiger partial charge in [-0.2, -0.15) is 0 Å². The van der Waals surface area contributed by atoms with Crippen molar-refractivity contribution in [2.45, 2.75) is 25.7 Å². The molecule has 0 fully saturated rings. The maximum atomic E-state index is 2.21. The zero-order chi connectivity index (χ0) is 9.90. The minimum Gasteiger partial charge on any atom is -0.0844 e. The van der Waals surface area contributed by atoms with E-state index in [0.29, 0.717) is 0 Å². The van der Waals surface area contributed by atoms with E-state index >= 15 is 0 Å². The first-order valence-corrected chi connectivity index (χ1v) is 5.27. The Bertz CT molecular complexity index is 234. The monoisotopic (exact) mass is 186 g/mol. The first-order valence-electron chi connectivity index (χ1n) is 5.27. The normalized spacial score (nSPS) is 29.7. The SMILES string of the molecule is C1=C\C/C=C\C/C=C\C/C=C\C\C=C/1. The molecule has 0 aromatic heterocycles. The van der Waals surface area contributed by atoms with Crippen LogP contribution in [-0.4, -0.2) is 0 Å². The van der Waals surface area contributed by atoms with E-state index < -0.39 is 0 Å². The van der Waals surface area contributed by atoms with Crippen molar-refractivity contribution in [2.75, 3.05) is 0 Å². The fraction of sp³-hybridized carbons (Fsp3) is 0.286. The van der Waals surface area contributed by atoms with Crippen LogP contribution < -0.4 is 0 Å². The Morgan fingerprint density at radius 3 is 1.00 bits per heavy atom. The molecule has 0 aliphatic heterocycles. The standard InChI is InChI=1S/C14H18/c1-2-4-6-8-10-12-14-13-11-9-7-5-3-1/h1-4,7-10,13-14H,5-6,11-12H2/b3-1-,4-2-,9-7-,10-8-,14-13-.